The molecule has 0 spiro atoms. The first kappa shape index (κ1) is 19.9. The van der Waals surface area contributed by atoms with E-state index in [0.29, 0.717) is 22.0 Å². The number of aromatic nitrogens is 4. The molecule has 27 heavy (non-hydrogen) atoms. The van der Waals surface area contributed by atoms with Crippen molar-refractivity contribution in [1.82, 2.24) is 19.7 Å². The zero-order valence-corrected chi connectivity index (χ0v) is 17.8. The number of rotatable bonds is 6. The highest BCUT2D eigenvalue weighted by Gasteiger charge is 2.14. The quantitative estimate of drug-likeness (QED) is 0.466. The molecule has 0 aliphatic rings. The van der Waals surface area contributed by atoms with Crippen molar-refractivity contribution in [3.63, 3.8) is 0 Å². The summed E-state index contributed by atoms with van der Waals surface area (Å²) >= 11 is 7.46. The topological polar surface area (TPSA) is 72.7 Å². The van der Waals surface area contributed by atoms with Gasteiger partial charge in [-0.15, -0.1) is 0 Å². The molecule has 3 rings (SSSR count). The van der Waals surface area contributed by atoms with Gasteiger partial charge in [0.25, 0.3) is 0 Å². The zero-order valence-electron chi connectivity index (χ0n) is 15.4. The molecule has 2 heterocycles. The van der Waals surface area contributed by atoms with Gasteiger partial charge in [-0.25, -0.2) is 9.97 Å². The summed E-state index contributed by atoms with van der Waals surface area (Å²) in [6, 6.07) is 9.88. The molecule has 3 aromatic rings. The first-order valence-electron chi connectivity index (χ1n) is 8.29. The van der Waals surface area contributed by atoms with E-state index in [4.69, 9.17) is 11.6 Å². The van der Waals surface area contributed by atoms with Crippen molar-refractivity contribution in [3.8, 4) is 11.3 Å². The SMILES string of the molecule is CC(C)c1ccccc1-c1cc(S(C)=O)nc(NSc2cnn(C)c2Cl)n1. The van der Waals surface area contributed by atoms with Crippen LogP contribution in [-0.2, 0) is 17.8 Å². The summed E-state index contributed by atoms with van der Waals surface area (Å²) in [7, 11) is 0.537. The number of benzene rings is 1. The number of nitrogens with zero attached hydrogens (tertiary/aromatic N) is 4. The summed E-state index contributed by atoms with van der Waals surface area (Å²) in [6.07, 6.45) is 3.27. The van der Waals surface area contributed by atoms with Crippen LogP contribution in [0.25, 0.3) is 11.3 Å². The lowest BCUT2D eigenvalue weighted by Gasteiger charge is -2.14. The van der Waals surface area contributed by atoms with Gasteiger partial charge in [-0.1, -0.05) is 49.7 Å². The third kappa shape index (κ3) is 4.51. The zero-order chi connectivity index (χ0) is 19.6. The Bertz CT molecular complexity index is 990. The second kappa shape index (κ2) is 8.41. The van der Waals surface area contributed by atoms with Crippen molar-refractivity contribution in [1.29, 1.82) is 0 Å². The van der Waals surface area contributed by atoms with Crippen LogP contribution in [0, 0.1) is 0 Å². The molecular weight excluding hydrogens is 402 g/mol. The summed E-state index contributed by atoms with van der Waals surface area (Å²) in [5.74, 6) is 0.716. The van der Waals surface area contributed by atoms with Crippen LogP contribution in [0.2, 0.25) is 5.15 Å². The standard InChI is InChI=1S/C18H20ClN5OS2/c1-11(2)12-7-5-6-8-13(12)14-9-16(27(4)25)22-18(21-14)23-26-15-10-20-24(3)17(15)19/h5-11H,1-4H3,(H,21,22,23). The van der Waals surface area contributed by atoms with Gasteiger partial charge < -0.3 is 0 Å². The fourth-order valence-electron chi connectivity index (χ4n) is 2.56. The van der Waals surface area contributed by atoms with E-state index < -0.39 is 10.8 Å². The van der Waals surface area contributed by atoms with E-state index in [0.717, 1.165) is 16.2 Å². The maximum absolute atomic E-state index is 12.1. The van der Waals surface area contributed by atoms with E-state index >= 15 is 0 Å². The minimum absolute atomic E-state index is 0.340. The van der Waals surface area contributed by atoms with Gasteiger partial charge in [0.05, 0.1) is 27.6 Å². The Hall–Kier alpha value is -1.90. The molecule has 0 fully saturated rings. The molecule has 0 bridgehead atoms. The normalized spacial score (nSPS) is 12.4. The molecule has 0 aliphatic carbocycles. The number of hydrogen-bond donors (Lipinski definition) is 1. The molecule has 1 unspecified atom stereocenters. The molecule has 0 radical (unpaired) electrons. The lowest BCUT2D eigenvalue weighted by molar-refractivity contribution is 0.684. The van der Waals surface area contributed by atoms with Gasteiger partial charge in [0.2, 0.25) is 5.95 Å². The second-order valence-corrected chi connectivity index (χ2v) is 8.77. The van der Waals surface area contributed by atoms with E-state index in [1.54, 1.807) is 30.2 Å². The molecule has 6 nitrogen and oxygen atoms in total. The van der Waals surface area contributed by atoms with Crippen molar-refractivity contribution in [2.24, 2.45) is 7.05 Å². The summed E-state index contributed by atoms with van der Waals surface area (Å²) in [6.45, 7) is 4.27. The van der Waals surface area contributed by atoms with Gasteiger partial charge in [0.1, 0.15) is 10.2 Å². The van der Waals surface area contributed by atoms with Crippen molar-refractivity contribution < 1.29 is 4.21 Å². The molecule has 142 valence electrons. The van der Waals surface area contributed by atoms with E-state index in [-0.39, 0.29) is 0 Å². The monoisotopic (exact) mass is 421 g/mol. The summed E-state index contributed by atoms with van der Waals surface area (Å²) in [5, 5.41) is 5.10. The summed E-state index contributed by atoms with van der Waals surface area (Å²) < 4.78 is 16.8. The maximum atomic E-state index is 12.1. The van der Waals surface area contributed by atoms with Crippen LogP contribution < -0.4 is 4.72 Å². The largest absolute Gasteiger partial charge is 0.294 e. The smallest absolute Gasteiger partial charge is 0.234 e. The third-order valence-electron chi connectivity index (χ3n) is 3.94. The van der Waals surface area contributed by atoms with E-state index in [9.17, 15) is 4.21 Å². The second-order valence-electron chi connectivity index (χ2n) is 6.24. The van der Waals surface area contributed by atoms with Gasteiger partial charge >= 0.3 is 0 Å². The lowest BCUT2D eigenvalue weighted by atomic mass is 9.95. The minimum Gasteiger partial charge on any atom is -0.294 e. The third-order valence-corrected chi connectivity index (χ3v) is 6.11. The number of nitrogens with one attached hydrogen (secondary N) is 1. The van der Waals surface area contributed by atoms with Gasteiger partial charge in [0, 0.05) is 18.9 Å². The molecule has 0 aliphatic heterocycles. The fourth-order valence-corrected chi connectivity index (χ4v) is 3.87. The average Bonchev–Trinajstić information content (AvgIpc) is 2.98. The Morgan fingerprint density at radius 2 is 2.00 bits per heavy atom. The number of aryl methyl sites for hydroxylation is 1. The highest BCUT2D eigenvalue weighted by atomic mass is 35.5. The predicted molar refractivity (Wildman–Crippen MR) is 112 cm³/mol. The van der Waals surface area contributed by atoms with Crippen LogP contribution in [-0.4, -0.2) is 30.2 Å². The van der Waals surface area contributed by atoms with Gasteiger partial charge in [0.15, 0.2) is 0 Å². The average molecular weight is 422 g/mol. The first-order valence-corrected chi connectivity index (χ1v) is 11.0. The molecular formula is C18H20ClN5OS2. The van der Waals surface area contributed by atoms with Crippen LogP contribution in [0.4, 0.5) is 5.95 Å². The molecule has 0 amide bonds. The maximum Gasteiger partial charge on any atom is 0.234 e. The highest BCUT2D eigenvalue weighted by Crippen LogP contribution is 2.31. The molecule has 1 N–H and O–H groups in total. The van der Waals surface area contributed by atoms with Crippen molar-refractivity contribution in [2.45, 2.75) is 29.7 Å². The Balaban J connectivity index is 1.99. The Labute approximate surface area is 170 Å². The molecule has 1 atom stereocenters. The van der Waals surface area contributed by atoms with Crippen molar-refractivity contribution >= 4 is 40.3 Å². The highest BCUT2D eigenvalue weighted by molar-refractivity contribution is 8.00. The van der Waals surface area contributed by atoms with Crippen LogP contribution in [0.5, 0.6) is 0 Å². The van der Waals surface area contributed by atoms with Gasteiger partial charge in [-0.3, -0.25) is 13.6 Å². The van der Waals surface area contributed by atoms with Crippen LogP contribution in [0.3, 0.4) is 0 Å². The van der Waals surface area contributed by atoms with E-state index in [1.165, 1.54) is 17.5 Å². The van der Waals surface area contributed by atoms with Crippen molar-refractivity contribution in [2.75, 3.05) is 11.0 Å². The van der Waals surface area contributed by atoms with Gasteiger partial charge in [-0.05, 0) is 29.5 Å². The molecule has 0 saturated carbocycles. The van der Waals surface area contributed by atoms with E-state index in [1.807, 2.05) is 18.2 Å². The predicted octanol–water partition coefficient (Wildman–Crippen LogP) is 4.51. The molecule has 2 aromatic heterocycles. The number of anilines is 1. The fraction of sp³-hybridized carbons (Fsp3) is 0.278. The number of hydrogen-bond acceptors (Lipinski definition) is 6. The Morgan fingerprint density at radius 3 is 2.63 bits per heavy atom. The first-order chi connectivity index (χ1) is 12.9. The molecule has 1 aromatic carbocycles. The number of halogens is 1. The molecule has 0 saturated heterocycles. The Kier molecular flexibility index (Phi) is 6.18. The van der Waals surface area contributed by atoms with Crippen LogP contribution in [0.15, 0.2) is 46.5 Å². The lowest BCUT2D eigenvalue weighted by Crippen LogP contribution is -2.03. The van der Waals surface area contributed by atoms with Gasteiger partial charge in [-0.2, -0.15) is 5.10 Å². The van der Waals surface area contributed by atoms with E-state index in [2.05, 4.69) is 39.7 Å². The Morgan fingerprint density at radius 1 is 1.26 bits per heavy atom. The van der Waals surface area contributed by atoms with Crippen LogP contribution >= 0.6 is 23.5 Å². The van der Waals surface area contributed by atoms with Crippen LogP contribution in [0.1, 0.15) is 25.3 Å². The summed E-state index contributed by atoms with van der Waals surface area (Å²) in [5.41, 5.74) is 2.92. The summed E-state index contributed by atoms with van der Waals surface area (Å²) in [4.78, 5) is 9.76. The van der Waals surface area contributed by atoms with Crippen molar-refractivity contribution in [3.05, 3.63) is 47.2 Å². The minimum atomic E-state index is -1.23. The molecule has 9 heteroatoms.